The zero-order chi connectivity index (χ0) is 14.0. The second kappa shape index (κ2) is 9.88. The smallest absolute Gasteiger partial charge is 0.307 e. The molecule has 0 aromatic rings. The Morgan fingerprint density at radius 1 is 1.17 bits per heavy atom. The summed E-state index contributed by atoms with van der Waals surface area (Å²) in [6.07, 6.45) is 1.26. The zero-order valence-corrected chi connectivity index (χ0v) is 11.9. The third-order valence-corrected chi connectivity index (χ3v) is 2.50. The fourth-order valence-corrected chi connectivity index (χ4v) is 1.35. The third-order valence-electron chi connectivity index (χ3n) is 2.50. The van der Waals surface area contributed by atoms with E-state index < -0.39 is 0 Å². The van der Waals surface area contributed by atoms with E-state index in [1.54, 1.807) is 13.8 Å². The van der Waals surface area contributed by atoms with Crippen LogP contribution in [0.4, 0.5) is 0 Å². The number of amides is 1. The zero-order valence-electron chi connectivity index (χ0n) is 11.9. The molecular formula is C13H26N2O3. The van der Waals surface area contributed by atoms with Crippen molar-refractivity contribution in [2.75, 3.05) is 19.7 Å². The van der Waals surface area contributed by atoms with Gasteiger partial charge in [-0.3, -0.25) is 9.59 Å². The maximum absolute atomic E-state index is 11.6. The number of hydrogen-bond donors (Lipinski definition) is 2. The molecule has 0 spiro atoms. The molecule has 0 aromatic carbocycles. The fraction of sp³-hybridized carbons (Fsp3) is 0.846. The normalized spacial score (nSPS) is 12.3. The Balaban J connectivity index is 3.64. The van der Waals surface area contributed by atoms with Crippen molar-refractivity contribution < 1.29 is 14.3 Å². The van der Waals surface area contributed by atoms with Crippen molar-refractivity contribution in [3.63, 3.8) is 0 Å². The van der Waals surface area contributed by atoms with Crippen LogP contribution in [0, 0.1) is 5.92 Å². The molecular weight excluding hydrogens is 232 g/mol. The van der Waals surface area contributed by atoms with Gasteiger partial charge >= 0.3 is 5.97 Å². The van der Waals surface area contributed by atoms with Crippen molar-refractivity contribution in [1.29, 1.82) is 0 Å². The van der Waals surface area contributed by atoms with Gasteiger partial charge in [0.05, 0.1) is 19.1 Å². The van der Waals surface area contributed by atoms with E-state index in [2.05, 4.69) is 24.5 Å². The van der Waals surface area contributed by atoms with Gasteiger partial charge in [-0.05, 0) is 26.2 Å². The molecule has 0 fully saturated rings. The quantitative estimate of drug-likeness (QED) is 0.607. The van der Waals surface area contributed by atoms with Crippen molar-refractivity contribution in [2.24, 2.45) is 5.92 Å². The molecule has 106 valence electrons. The van der Waals surface area contributed by atoms with Gasteiger partial charge in [-0.2, -0.15) is 0 Å². The summed E-state index contributed by atoms with van der Waals surface area (Å²) in [6.45, 7) is 9.34. The number of carbonyl (C=O) groups is 2. The molecule has 0 aliphatic heterocycles. The highest BCUT2D eigenvalue weighted by Gasteiger charge is 2.12. The van der Waals surface area contributed by atoms with Crippen LogP contribution >= 0.6 is 0 Å². The molecule has 0 aliphatic rings. The summed E-state index contributed by atoms with van der Waals surface area (Å²) in [7, 11) is 0. The second-order valence-corrected chi connectivity index (χ2v) is 4.70. The Bertz CT molecular complexity index is 255. The van der Waals surface area contributed by atoms with E-state index in [1.165, 1.54) is 0 Å². The fourth-order valence-electron chi connectivity index (χ4n) is 1.35. The lowest BCUT2D eigenvalue weighted by atomic mass is 10.1. The summed E-state index contributed by atoms with van der Waals surface area (Å²) in [5, 5.41) is 5.86. The lowest BCUT2D eigenvalue weighted by Crippen LogP contribution is -2.43. The van der Waals surface area contributed by atoms with Gasteiger partial charge in [0.2, 0.25) is 5.91 Å². The van der Waals surface area contributed by atoms with Crippen LogP contribution in [0.3, 0.4) is 0 Å². The van der Waals surface area contributed by atoms with Gasteiger partial charge in [-0.25, -0.2) is 0 Å². The largest absolute Gasteiger partial charge is 0.466 e. The molecule has 0 aromatic heterocycles. The van der Waals surface area contributed by atoms with Gasteiger partial charge < -0.3 is 15.4 Å². The van der Waals surface area contributed by atoms with Crippen molar-refractivity contribution in [3.05, 3.63) is 0 Å². The minimum atomic E-state index is -0.286. The number of carbonyl (C=O) groups excluding carboxylic acids is 2. The number of nitrogens with one attached hydrogen (secondary N) is 2. The van der Waals surface area contributed by atoms with E-state index in [1.807, 2.05) is 0 Å². The molecule has 1 unspecified atom stereocenters. The topological polar surface area (TPSA) is 67.4 Å². The van der Waals surface area contributed by atoms with Crippen LogP contribution in [0.1, 0.15) is 40.5 Å². The maximum Gasteiger partial charge on any atom is 0.307 e. The molecule has 2 N–H and O–H groups in total. The number of hydrogen-bond acceptors (Lipinski definition) is 4. The number of rotatable bonds is 9. The first-order chi connectivity index (χ1) is 8.47. The van der Waals surface area contributed by atoms with Crippen LogP contribution in [-0.2, 0) is 14.3 Å². The minimum Gasteiger partial charge on any atom is -0.466 e. The molecule has 18 heavy (non-hydrogen) atoms. The van der Waals surface area contributed by atoms with E-state index in [0.717, 1.165) is 6.42 Å². The van der Waals surface area contributed by atoms with Gasteiger partial charge in [-0.15, -0.1) is 0 Å². The predicted molar refractivity (Wildman–Crippen MR) is 71.2 cm³/mol. The van der Waals surface area contributed by atoms with Gasteiger partial charge in [-0.1, -0.05) is 13.8 Å². The monoisotopic (exact) mass is 258 g/mol. The summed E-state index contributed by atoms with van der Waals surface area (Å²) in [5.74, 6) is 0.314. The van der Waals surface area contributed by atoms with Gasteiger partial charge in [0, 0.05) is 13.1 Å². The van der Waals surface area contributed by atoms with E-state index in [-0.39, 0.29) is 24.3 Å². The first kappa shape index (κ1) is 16.9. The summed E-state index contributed by atoms with van der Waals surface area (Å²) >= 11 is 0. The first-order valence-corrected chi connectivity index (χ1v) is 6.64. The van der Waals surface area contributed by atoms with Crippen LogP contribution < -0.4 is 10.6 Å². The third kappa shape index (κ3) is 8.98. The number of esters is 1. The van der Waals surface area contributed by atoms with Gasteiger partial charge in [0.25, 0.3) is 0 Å². The Hall–Kier alpha value is -1.10. The average molecular weight is 258 g/mol. The van der Waals surface area contributed by atoms with E-state index in [0.29, 0.717) is 25.6 Å². The highest BCUT2D eigenvalue weighted by molar-refractivity contribution is 5.81. The summed E-state index contributed by atoms with van der Waals surface area (Å²) in [4.78, 5) is 22.7. The van der Waals surface area contributed by atoms with E-state index in [4.69, 9.17) is 4.74 Å². The molecule has 0 heterocycles. The minimum absolute atomic E-state index is 0.0282. The lowest BCUT2D eigenvalue weighted by molar-refractivity contribution is -0.143. The van der Waals surface area contributed by atoms with Gasteiger partial charge in [0.15, 0.2) is 0 Å². The molecule has 0 rings (SSSR count). The Kier molecular flexibility index (Phi) is 9.28. The van der Waals surface area contributed by atoms with Crippen molar-refractivity contribution in [3.8, 4) is 0 Å². The maximum atomic E-state index is 11.6. The molecule has 0 radical (unpaired) electrons. The first-order valence-electron chi connectivity index (χ1n) is 6.64. The summed E-state index contributed by atoms with van der Waals surface area (Å²) in [5.41, 5.74) is 0. The number of ether oxygens (including phenoxy) is 1. The average Bonchev–Trinajstić information content (AvgIpc) is 2.28. The predicted octanol–water partition coefficient (Wildman–Crippen LogP) is 1.08. The van der Waals surface area contributed by atoms with Crippen molar-refractivity contribution in [2.45, 2.75) is 46.6 Å². The molecule has 5 nitrogen and oxygen atoms in total. The van der Waals surface area contributed by atoms with Crippen LogP contribution in [0.5, 0.6) is 0 Å². The highest BCUT2D eigenvalue weighted by Crippen LogP contribution is 1.96. The second-order valence-electron chi connectivity index (χ2n) is 4.70. The molecule has 0 saturated carbocycles. The van der Waals surface area contributed by atoms with E-state index in [9.17, 15) is 9.59 Å². The molecule has 0 bridgehead atoms. The highest BCUT2D eigenvalue weighted by atomic mass is 16.5. The van der Waals surface area contributed by atoms with Gasteiger partial charge in [0.1, 0.15) is 0 Å². The summed E-state index contributed by atoms with van der Waals surface area (Å²) < 4.78 is 4.80. The van der Waals surface area contributed by atoms with Crippen LogP contribution in [-0.4, -0.2) is 37.6 Å². The molecule has 5 heteroatoms. The van der Waals surface area contributed by atoms with Crippen LogP contribution in [0.2, 0.25) is 0 Å². The van der Waals surface area contributed by atoms with Crippen LogP contribution in [0.15, 0.2) is 0 Å². The lowest BCUT2D eigenvalue weighted by Gasteiger charge is -2.14. The standard InChI is InChI=1S/C13H26N2O3/c1-5-18-12(16)7-9-14-11(4)13(17)15-8-6-10(2)3/h10-11,14H,5-9H2,1-4H3,(H,15,17). The Morgan fingerprint density at radius 3 is 2.39 bits per heavy atom. The molecule has 0 aliphatic carbocycles. The molecule has 1 atom stereocenters. The Labute approximate surface area is 110 Å². The summed E-state index contributed by atoms with van der Waals surface area (Å²) in [6, 6.07) is -0.286. The molecule has 1 amide bonds. The van der Waals surface area contributed by atoms with Crippen LogP contribution in [0.25, 0.3) is 0 Å². The van der Waals surface area contributed by atoms with Crippen molar-refractivity contribution >= 4 is 11.9 Å². The van der Waals surface area contributed by atoms with Crippen molar-refractivity contribution in [1.82, 2.24) is 10.6 Å². The SMILES string of the molecule is CCOC(=O)CCNC(C)C(=O)NCCC(C)C. The van der Waals surface area contributed by atoms with E-state index >= 15 is 0 Å². The Morgan fingerprint density at radius 2 is 1.83 bits per heavy atom. The molecule has 0 saturated heterocycles.